The van der Waals surface area contributed by atoms with Gasteiger partial charge < -0.3 is 10.1 Å². The van der Waals surface area contributed by atoms with Gasteiger partial charge in [0.25, 0.3) is 0 Å². The average Bonchev–Trinajstić information content (AvgIpc) is 2.12. The van der Waals surface area contributed by atoms with Crippen molar-refractivity contribution >= 4 is 43.5 Å². The van der Waals surface area contributed by atoms with Crippen molar-refractivity contribution in [1.29, 1.82) is 0 Å². The first-order valence-electron chi connectivity index (χ1n) is 3.88. The molecule has 0 aliphatic heterocycles. The summed E-state index contributed by atoms with van der Waals surface area (Å²) >= 11 is 6.68. The molecule has 0 atom stereocenters. The zero-order chi connectivity index (χ0) is 10.6. The number of methoxy groups -OCH3 is 1. The summed E-state index contributed by atoms with van der Waals surface area (Å²) in [5, 5.41) is 2.72. The van der Waals surface area contributed by atoms with Gasteiger partial charge in [-0.2, -0.15) is 0 Å². The lowest BCUT2D eigenvalue weighted by atomic mass is 10.3. The maximum atomic E-state index is 11.2. The molecular weight excluding hydrogens is 314 g/mol. The van der Waals surface area contributed by atoms with E-state index in [9.17, 15) is 4.79 Å². The Labute approximate surface area is 99.1 Å². The molecule has 0 saturated heterocycles. The molecule has 1 rings (SSSR count). The van der Waals surface area contributed by atoms with E-state index < -0.39 is 0 Å². The number of anilines is 1. The normalized spacial score (nSPS) is 9.93. The van der Waals surface area contributed by atoms with Crippen LogP contribution in [0.3, 0.4) is 0 Å². The molecule has 0 fully saturated rings. The van der Waals surface area contributed by atoms with Gasteiger partial charge in [0.1, 0.15) is 6.61 Å². The summed E-state index contributed by atoms with van der Waals surface area (Å²) in [5.74, 6) is -0.180. The van der Waals surface area contributed by atoms with Crippen molar-refractivity contribution in [2.24, 2.45) is 0 Å². The highest BCUT2D eigenvalue weighted by molar-refractivity contribution is 9.11. The molecule has 0 spiro atoms. The second-order valence-electron chi connectivity index (χ2n) is 2.58. The van der Waals surface area contributed by atoms with Gasteiger partial charge >= 0.3 is 0 Å². The third-order valence-corrected chi connectivity index (χ3v) is 2.82. The smallest absolute Gasteiger partial charge is 0.250 e. The Morgan fingerprint density at radius 3 is 2.50 bits per heavy atom. The van der Waals surface area contributed by atoms with Gasteiger partial charge in [0.2, 0.25) is 5.91 Å². The number of nitrogens with one attached hydrogen (secondary N) is 1. The molecule has 0 bridgehead atoms. The molecule has 1 aromatic carbocycles. The largest absolute Gasteiger partial charge is 0.375 e. The predicted molar refractivity (Wildman–Crippen MR) is 62.3 cm³/mol. The Balaban J connectivity index is 2.80. The summed E-state index contributed by atoms with van der Waals surface area (Å²) < 4.78 is 6.37. The van der Waals surface area contributed by atoms with Gasteiger partial charge in [0, 0.05) is 16.1 Å². The highest BCUT2D eigenvalue weighted by Gasteiger charge is 2.07. The van der Waals surface area contributed by atoms with Gasteiger partial charge in [-0.15, -0.1) is 0 Å². The second-order valence-corrected chi connectivity index (χ2v) is 4.29. The van der Waals surface area contributed by atoms with Crippen LogP contribution in [0.15, 0.2) is 27.1 Å². The molecule has 14 heavy (non-hydrogen) atoms. The molecule has 3 nitrogen and oxygen atoms in total. The standard InChI is InChI=1S/C9H9Br2NO2/c1-14-5-8(13)12-9-6(10)3-2-4-7(9)11/h2-4H,5H2,1H3,(H,12,13). The van der Waals surface area contributed by atoms with Gasteiger partial charge in [0.05, 0.1) is 5.69 Å². The number of hydrogen-bond acceptors (Lipinski definition) is 2. The molecule has 0 saturated carbocycles. The number of rotatable bonds is 3. The van der Waals surface area contributed by atoms with Crippen molar-refractivity contribution in [3.63, 3.8) is 0 Å². The monoisotopic (exact) mass is 321 g/mol. The fourth-order valence-corrected chi connectivity index (χ4v) is 2.12. The van der Waals surface area contributed by atoms with Crippen LogP contribution >= 0.6 is 31.9 Å². The number of carbonyl (C=O) groups excluding carboxylic acids is 1. The maximum absolute atomic E-state index is 11.2. The Hall–Kier alpha value is -0.390. The molecule has 0 aliphatic carbocycles. The number of amides is 1. The summed E-state index contributed by atoms with van der Waals surface area (Å²) in [5.41, 5.74) is 0.717. The van der Waals surface area contributed by atoms with Crippen LogP contribution in [0.1, 0.15) is 0 Å². The number of benzene rings is 1. The number of halogens is 2. The molecule has 0 aliphatic rings. The van der Waals surface area contributed by atoms with Gasteiger partial charge in [-0.3, -0.25) is 4.79 Å². The van der Waals surface area contributed by atoms with Crippen molar-refractivity contribution in [2.75, 3.05) is 19.0 Å². The van der Waals surface area contributed by atoms with Crippen LogP contribution in [0, 0.1) is 0 Å². The summed E-state index contributed by atoms with van der Waals surface area (Å²) in [7, 11) is 1.48. The molecule has 0 unspecified atom stereocenters. The van der Waals surface area contributed by atoms with E-state index in [-0.39, 0.29) is 12.5 Å². The number of carbonyl (C=O) groups is 1. The summed E-state index contributed by atoms with van der Waals surface area (Å²) in [6, 6.07) is 5.58. The molecule has 5 heteroatoms. The first-order valence-corrected chi connectivity index (χ1v) is 5.46. The van der Waals surface area contributed by atoms with Crippen molar-refractivity contribution in [3.05, 3.63) is 27.1 Å². The third kappa shape index (κ3) is 3.08. The van der Waals surface area contributed by atoms with Gasteiger partial charge in [0.15, 0.2) is 0 Å². The lowest BCUT2D eigenvalue weighted by molar-refractivity contribution is -0.119. The van der Waals surface area contributed by atoms with E-state index in [0.717, 1.165) is 14.6 Å². The number of ether oxygens (including phenoxy) is 1. The molecule has 0 radical (unpaired) electrons. The average molecular weight is 323 g/mol. The number of para-hydroxylation sites is 1. The number of hydrogen-bond donors (Lipinski definition) is 1. The maximum Gasteiger partial charge on any atom is 0.250 e. The van der Waals surface area contributed by atoms with Crippen molar-refractivity contribution in [3.8, 4) is 0 Å². The molecule has 0 aromatic heterocycles. The van der Waals surface area contributed by atoms with Crippen LogP contribution < -0.4 is 5.32 Å². The van der Waals surface area contributed by atoms with Gasteiger partial charge in [-0.1, -0.05) is 6.07 Å². The first-order chi connectivity index (χ1) is 6.65. The van der Waals surface area contributed by atoms with E-state index >= 15 is 0 Å². The quantitative estimate of drug-likeness (QED) is 0.929. The highest BCUT2D eigenvalue weighted by Crippen LogP contribution is 2.30. The van der Waals surface area contributed by atoms with Crippen LogP contribution in [0.25, 0.3) is 0 Å². The molecule has 1 amide bonds. The fourth-order valence-electron chi connectivity index (χ4n) is 0.924. The minimum Gasteiger partial charge on any atom is -0.375 e. The third-order valence-electron chi connectivity index (χ3n) is 1.50. The topological polar surface area (TPSA) is 38.3 Å². The SMILES string of the molecule is COCC(=O)Nc1c(Br)cccc1Br. The Bertz CT molecular complexity index is 321. The summed E-state index contributed by atoms with van der Waals surface area (Å²) in [4.78, 5) is 11.2. The molecule has 76 valence electrons. The zero-order valence-electron chi connectivity index (χ0n) is 7.51. The Morgan fingerprint density at radius 2 is 2.00 bits per heavy atom. The van der Waals surface area contributed by atoms with Crippen molar-refractivity contribution < 1.29 is 9.53 Å². The van der Waals surface area contributed by atoms with Crippen LogP contribution in [0.5, 0.6) is 0 Å². The van der Waals surface area contributed by atoms with Crippen LogP contribution in [-0.4, -0.2) is 19.6 Å². The zero-order valence-corrected chi connectivity index (χ0v) is 10.7. The highest BCUT2D eigenvalue weighted by atomic mass is 79.9. The van der Waals surface area contributed by atoms with Gasteiger partial charge in [-0.05, 0) is 44.0 Å². The van der Waals surface area contributed by atoms with E-state index in [1.165, 1.54) is 7.11 Å². The van der Waals surface area contributed by atoms with Crippen molar-refractivity contribution in [2.45, 2.75) is 0 Å². The Kier molecular flexibility index (Phi) is 4.57. The molecular formula is C9H9Br2NO2. The van der Waals surface area contributed by atoms with Crippen LogP contribution in [-0.2, 0) is 9.53 Å². The summed E-state index contributed by atoms with van der Waals surface area (Å²) in [6.07, 6.45) is 0. The van der Waals surface area contributed by atoms with E-state index in [0.29, 0.717) is 0 Å². The minimum absolute atomic E-state index is 0.0494. The summed E-state index contributed by atoms with van der Waals surface area (Å²) in [6.45, 7) is 0.0494. The van der Waals surface area contributed by atoms with E-state index in [1.54, 1.807) is 0 Å². The fraction of sp³-hybridized carbons (Fsp3) is 0.222. The molecule has 0 heterocycles. The predicted octanol–water partition coefficient (Wildman–Crippen LogP) is 2.80. The molecule has 1 aromatic rings. The van der Waals surface area contributed by atoms with Gasteiger partial charge in [-0.25, -0.2) is 0 Å². The lowest BCUT2D eigenvalue weighted by Crippen LogP contribution is -2.17. The van der Waals surface area contributed by atoms with E-state index in [2.05, 4.69) is 37.2 Å². The van der Waals surface area contributed by atoms with Crippen LogP contribution in [0.4, 0.5) is 5.69 Å². The van der Waals surface area contributed by atoms with E-state index in [1.807, 2.05) is 18.2 Å². The van der Waals surface area contributed by atoms with E-state index in [4.69, 9.17) is 4.74 Å². The Morgan fingerprint density at radius 1 is 1.43 bits per heavy atom. The van der Waals surface area contributed by atoms with Crippen LogP contribution in [0.2, 0.25) is 0 Å². The molecule has 1 N–H and O–H groups in total. The minimum atomic E-state index is -0.180. The first kappa shape index (κ1) is 11.7. The second kappa shape index (κ2) is 5.48. The van der Waals surface area contributed by atoms with Crippen molar-refractivity contribution in [1.82, 2.24) is 0 Å². The lowest BCUT2D eigenvalue weighted by Gasteiger charge is -2.08.